The van der Waals surface area contributed by atoms with Gasteiger partial charge < -0.3 is 5.11 Å². The second-order valence-corrected chi connectivity index (χ2v) is 5.68. The second-order valence-electron chi connectivity index (χ2n) is 5.68. The largest absolute Gasteiger partial charge is 0.507 e. The number of aromatic hydroxyl groups is 1. The summed E-state index contributed by atoms with van der Waals surface area (Å²) in [7, 11) is 0. The van der Waals surface area contributed by atoms with Crippen LogP contribution in [0.2, 0.25) is 0 Å². The first-order chi connectivity index (χ1) is 8.59. The SMILES string of the molecule is CC(C)(C)c1ccc2cc(C(F)(F)F)cc(O)c2c1. The zero-order valence-electron chi connectivity index (χ0n) is 11.0. The van der Waals surface area contributed by atoms with E-state index in [1.807, 2.05) is 20.8 Å². The van der Waals surface area contributed by atoms with Crippen LogP contribution in [-0.4, -0.2) is 5.11 Å². The van der Waals surface area contributed by atoms with Crippen molar-refractivity contribution in [1.29, 1.82) is 0 Å². The molecule has 0 unspecified atom stereocenters. The van der Waals surface area contributed by atoms with Gasteiger partial charge in [-0.1, -0.05) is 32.9 Å². The molecule has 0 bridgehead atoms. The minimum Gasteiger partial charge on any atom is -0.507 e. The van der Waals surface area contributed by atoms with Crippen LogP contribution in [0.3, 0.4) is 0 Å². The highest BCUT2D eigenvalue weighted by Crippen LogP contribution is 2.37. The van der Waals surface area contributed by atoms with Crippen LogP contribution >= 0.6 is 0 Å². The van der Waals surface area contributed by atoms with Crippen LogP contribution in [0.1, 0.15) is 31.9 Å². The fourth-order valence-corrected chi connectivity index (χ4v) is 1.97. The third-order valence-electron chi connectivity index (χ3n) is 3.13. The lowest BCUT2D eigenvalue weighted by Crippen LogP contribution is -2.10. The summed E-state index contributed by atoms with van der Waals surface area (Å²) in [5.74, 6) is -0.337. The van der Waals surface area contributed by atoms with Crippen molar-refractivity contribution in [3.8, 4) is 5.75 Å². The van der Waals surface area contributed by atoms with Crippen LogP contribution in [0.15, 0.2) is 30.3 Å². The van der Waals surface area contributed by atoms with Gasteiger partial charge in [-0.2, -0.15) is 13.2 Å². The average Bonchev–Trinajstić information content (AvgIpc) is 2.26. The fraction of sp³-hybridized carbons (Fsp3) is 0.333. The molecule has 0 aliphatic heterocycles. The fourth-order valence-electron chi connectivity index (χ4n) is 1.97. The van der Waals surface area contributed by atoms with Gasteiger partial charge in [0.25, 0.3) is 0 Å². The van der Waals surface area contributed by atoms with Gasteiger partial charge in [0.2, 0.25) is 0 Å². The van der Waals surface area contributed by atoms with Gasteiger partial charge >= 0.3 is 6.18 Å². The van der Waals surface area contributed by atoms with Gasteiger partial charge in [0, 0.05) is 5.39 Å². The van der Waals surface area contributed by atoms with Crippen LogP contribution in [0, 0.1) is 0 Å². The van der Waals surface area contributed by atoms with E-state index in [1.165, 1.54) is 0 Å². The molecule has 102 valence electrons. The smallest absolute Gasteiger partial charge is 0.416 e. The summed E-state index contributed by atoms with van der Waals surface area (Å²) in [6.07, 6.45) is -4.45. The van der Waals surface area contributed by atoms with E-state index in [0.717, 1.165) is 17.7 Å². The summed E-state index contributed by atoms with van der Waals surface area (Å²) in [6, 6.07) is 6.98. The number of phenolic OH excluding ortho intramolecular Hbond substituents is 1. The molecular formula is C15H15F3O. The molecule has 1 nitrogen and oxygen atoms in total. The molecule has 0 atom stereocenters. The van der Waals surface area contributed by atoms with E-state index in [2.05, 4.69) is 0 Å². The van der Waals surface area contributed by atoms with E-state index < -0.39 is 11.7 Å². The molecule has 0 aliphatic carbocycles. The van der Waals surface area contributed by atoms with E-state index in [0.29, 0.717) is 10.8 Å². The number of fused-ring (bicyclic) bond motifs is 1. The topological polar surface area (TPSA) is 20.2 Å². The third-order valence-corrected chi connectivity index (χ3v) is 3.13. The van der Waals surface area contributed by atoms with Crippen molar-refractivity contribution in [2.45, 2.75) is 32.4 Å². The predicted molar refractivity (Wildman–Crippen MR) is 69.3 cm³/mol. The Morgan fingerprint density at radius 1 is 0.895 bits per heavy atom. The Kier molecular flexibility index (Phi) is 3.00. The molecule has 2 aromatic rings. The summed E-state index contributed by atoms with van der Waals surface area (Å²) in [4.78, 5) is 0. The summed E-state index contributed by atoms with van der Waals surface area (Å²) in [6.45, 7) is 6.03. The van der Waals surface area contributed by atoms with Crippen molar-refractivity contribution < 1.29 is 18.3 Å². The molecule has 0 saturated carbocycles. The Hall–Kier alpha value is -1.71. The van der Waals surface area contributed by atoms with Crippen molar-refractivity contribution in [3.05, 3.63) is 41.5 Å². The Bertz CT molecular complexity index is 622. The van der Waals surface area contributed by atoms with Crippen molar-refractivity contribution in [1.82, 2.24) is 0 Å². The van der Waals surface area contributed by atoms with E-state index in [-0.39, 0.29) is 11.2 Å². The monoisotopic (exact) mass is 268 g/mol. The lowest BCUT2D eigenvalue weighted by molar-refractivity contribution is -0.137. The molecule has 0 radical (unpaired) electrons. The van der Waals surface area contributed by atoms with Gasteiger partial charge in [0.1, 0.15) is 5.75 Å². The van der Waals surface area contributed by atoms with E-state index in [1.54, 1.807) is 18.2 Å². The van der Waals surface area contributed by atoms with Gasteiger partial charge in [-0.15, -0.1) is 0 Å². The summed E-state index contributed by atoms with van der Waals surface area (Å²) < 4.78 is 38.0. The maximum atomic E-state index is 12.7. The van der Waals surface area contributed by atoms with Crippen LogP contribution in [0.5, 0.6) is 5.75 Å². The Morgan fingerprint density at radius 2 is 1.53 bits per heavy atom. The summed E-state index contributed by atoms with van der Waals surface area (Å²) >= 11 is 0. The number of phenols is 1. The Balaban J connectivity index is 2.67. The predicted octanol–water partition coefficient (Wildman–Crippen LogP) is 4.86. The van der Waals surface area contributed by atoms with Crippen molar-refractivity contribution in [2.24, 2.45) is 0 Å². The molecule has 4 heteroatoms. The van der Waals surface area contributed by atoms with Crippen LogP contribution in [-0.2, 0) is 11.6 Å². The number of rotatable bonds is 0. The normalized spacial score (nSPS) is 12.9. The number of benzene rings is 2. The average molecular weight is 268 g/mol. The number of halogens is 3. The maximum absolute atomic E-state index is 12.7. The van der Waals surface area contributed by atoms with E-state index in [9.17, 15) is 18.3 Å². The first kappa shape index (κ1) is 13.7. The van der Waals surface area contributed by atoms with Crippen molar-refractivity contribution in [3.63, 3.8) is 0 Å². The zero-order valence-corrected chi connectivity index (χ0v) is 11.0. The number of hydrogen-bond acceptors (Lipinski definition) is 1. The first-order valence-corrected chi connectivity index (χ1v) is 5.93. The lowest BCUT2D eigenvalue weighted by Gasteiger charge is -2.20. The van der Waals surface area contributed by atoms with Crippen LogP contribution in [0.4, 0.5) is 13.2 Å². The molecule has 0 heterocycles. The van der Waals surface area contributed by atoms with E-state index in [4.69, 9.17) is 0 Å². The van der Waals surface area contributed by atoms with Gasteiger partial charge in [-0.25, -0.2) is 0 Å². The van der Waals surface area contributed by atoms with Crippen LogP contribution < -0.4 is 0 Å². The molecule has 0 fully saturated rings. The highest BCUT2D eigenvalue weighted by Gasteiger charge is 2.31. The quantitative estimate of drug-likeness (QED) is 0.723. The van der Waals surface area contributed by atoms with Crippen molar-refractivity contribution >= 4 is 10.8 Å². The van der Waals surface area contributed by atoms with Crippen molar-refractivity contribution in [2.75, 3.05) is 0 Å². The number of hydrogen-bond donors (Lipinski definition) is 1. The molecule has 2 aromatic carbocycles. The second kappa shape index (κ2) is 4.15. The lowest BCUT2D eigenvalue weighted by atomic mass is 9.85. The molecule has 19 heavy (non-hydrogen) atoms. The van der Waals surface area contributed by atoms with Gasteiger partial charge in [-0.05, 0) is 34.6 Å². The van der Waals surface area contributed by atoms with Crippen LogP contribution in [0.25, 0.3) is 10.8 Å². The first-order valence-electron chi connectivity index (χ1n) is 5.93. The van der Waals surface area contributed by atoms with Gasteiger partial charge in [-0.3, -0.25) is 0 Å². The molecular weight excluding hydrogens is 253 g/mol. The zero-order chi connectivity index (χ0) is 14.4. The molecule has 0 aromatic heterocycles. The van der Waals surface area contributed by atoms with Gasteiger partial charge in [0.05, 0.1) is 5.56 Å². The van der Waals surface area contributed by atoms with Gasteiger partial charge in [0.15, 0.2) is 0 Å². The molecule has 0 saturated heterocycles. The molecule has 2 rings (SSSR count). The maximum Gasteiger partial charge on any atom is 0.416 e. The summed E-state index contributed by atoms with van der Waals surface area (Å²) in [5.41, 5.74) is 0.0135. The molecule has 0 aliphatic rings. The third kappa shape index (κ3) is 2.67. The number of alkyl halides is 3. The molecule has 1 N–H and O–H groups in total. The molecule has 0 amide bonds. The highest BCUT2D eigenvalue weighted by molar-refractivity contribution is 5.89. The molecule has 0 spiro atoms. The summed E-state index contributed by atoms with van der Waals surface area (Å²) in [5, 5.41) is 10.6. The standard InChI is InChI=1S/C15H15F3O/c1-14(2,3)10-5-4-9-6-11(15(16,17)18)8-13(19)12(9)7-10/h4-8,19H,1-3H3. The minimum atomic E-state index is -4.45. The minimum absolute atomic E-state index is 0.122. The van der Waals surface area contributed by atoms with E-state index >= 15 is 0 Å². The highest BCUT2D eigenvalue weighted by atomic mass is 19.4. The Morgan fingerprint density at radius 3 is 2.05 bits per heavy atom. The Labute approximate surface area is 109 Å².